The molecular formula is C10H9Br2ClO2. The average Bonchev–Trinajstić information content (AvgIpc) is 2.14. The minimum Gasteiger partial charge on any atom is -0.466 e. The molecule has 0 aromatic heterocycles. The molecule has 0 spiro atoms. The van der Waals surface area contributed by atoms with Gasteiger partial charge in [-0.1, -0.05) is 11.6 Å². The Morgan fingerprint density at radius 3 is 2.67 bits per heavy atom. The third kappa shape index (κ3) is 3.78. The van der Waals surface area contributed by atoms with Crippen LogP contribution in [0.15, 0.2) is 21.1 Å². The summed E-state index contributed by atoms with van der Waals surface area (Å²) in [7, 11) is 0. The first kappa shape index (κ1) is 13.0. The lowest BCUT2D eigenvalue weighted by molar-refractivity contribution is -0.142. The normalized spacial score (nSPS) is 10.1. The summed E-state index contributed by atoms with van der Waals surface area (Å²) >= 11 is 12.6. The first-order chi connectivity index (χ1) is 7.04. The Kier molecular flexibility index (Phi) is 5.09. The van der Waals surface area contributed by atoms with E-state index in [2.05, 4.69) is 31.9 Å². The molecule has 0 bridgehead atoms. The number of esters is 1. The lowest BCUT2D eigenvalue weighted by atomic mass is 10.1. The molecular weight excluding hydrogens is 347 g/mol. The molecule has 0 aliphatic carbocycles. The summed E-state index contributed by atoms with van der Waals surface area (Å²) in [4.78, 5) is 11.2. The van der Waals surface area contributed by atoms with Gasteiger partial charge in [0.25, 0.3) is 0 Å². The second kappa shape index (κ2) is 5.87. The van der Waals surface area contributed by atoms with Crippen molar-refractivity contribution in [2.75, 3.05) is 6.61 Å². The van der Waals surface area contributed by atoms with Crippen molar-refractivity contribution in [1.82, 2.24) is 0 Å². The number of ether oxygens (including phenoxy) is 1. The van der Waals surface area contributed by atoms with Gasteiger partial charge in [0.2, 0.25) is 0 Å². The molecule has 0 saturated heterocycles. The van der Waals surface area contributed by atoms with Crippen LogP contribution in [-0.2, 0) is 16.0 Å². The van der Waals surface area contributed by atoms with E-state index in [4.69, 9.17) is 16.3 Å². The summed E-state index contributed by atoms with van der Waals surface area (Å²) in [6, 6.07) is 3.58. The van der Waals surface area contributed by atoms with Crippen LogP contribution in [0.4, 0.5) is 0 Å². The van der Waals surface area contributed by atoms with Gasteiger partial charge in [0, 0.05) is 4.47 Å². The standard InChI is InChI=1S/C10H9Br2ClO2/c1-2-15-9(14)5-6-3-7(11)10(12)8(13)4-6/h3-4H,2,5H2,1H3. The van der Waals surface area contributed by atoms with Crippen LogP contribution >= 0.6 is 43.5 Å². The molecule has 0 aliphatic rings. The number of rotatable bonds is 3. The van der Waals surface area contributed by atoms with Gasteiger partial charge in [0.1, 0.15) is 0 Å². The first-order valence-corrected chi connectivity index (χ1v) is 6.30. The zero-order valence-corrected chi connectivity index (χ0v) is 11.9. The molecule has 82 valence electrons. The average molecular weight is 356 g/mol. The van der Waals surface area contributed by atoms with Gasteiger partial charge in [-0.2, -0.15) is 0 Å². The molecule has 0 radical (unpaired) electrons. The van der Waals surface area contributed by atoms with E-state index in [0.717, 1.165) is 14.5 Å². The maximum absolute atomic E-state index is 11.2. The zero-order valence-electron chi connectivity index (χ0n) is 8.02. The highest BCUT2D eigenvalue weighted by atomic mass is 79.9. The Morgan fingerprint density at radius 1 is 1.47 bits per heavy atom. The third-order valence-electron chi connectivity index (χ3n) is 1.70. The van der Waals surface area contributed by atoms with Gasteiger partial charge in [-0.25, -0.2) is 0 Å². The van der Waals surface area contributed by atoms with Crippen LogP contribution in [0.2, 0.25) is 5.02 Å². The Hall–Kier alpha value is -0.0600. The number of hydrogen-bond donors (Lipinski definition) is 0. The zero-order chi connectivity index (χ0) is 11.4. The van der Waals surface area contributed by atoms with Crippen LogP contribution in [0.25, 0.3) is 0 Å². The summed E-state index contributed by atoms with van der Waals surface area (Å²) in [5, 5.41) is 0.573. The van der Waals surface area contributed by atoms with Gasteiger partial charge in [-0.3, -0.25) is 4.79 Å². The SMILES string of the molecule is CCOC(=O)Cc1cc(Cl)c(Br)c(Br)c1. The van der Waals surface area contributed by atoms with Crippen molar-refractivity contribution >= 4 is 49.4 Å². The van der Waals surface area contributed by atoms with E-state index in [-0.39, 0.29) is 12.4 Å². The molecule has 0 aliphatic heterocycles. The molecule has 0 unspecified atom stereocenters. The predicted octanol–water partition coefficient (Wildman–Crippen LogP) is 3.97. The van der Waals surface area contributed by atoms with E-state index in [9.17, 15) is 4.79 Å². The van der Waals surface area contributed by atoms with Gasteiger partial charge < -0.3 is 4.74 Å². The second-order valence-electron chi connectivity index (χ2n) is 2.86. The first-order valence-electron chi connectivity index (χ1n) is 4.33. The Morgan fingerprint density at radius 2 is 2.13 bits per heavy atom. The van der Waals surface area contributed by atoms with Crippen molar-refractivity contribution in [3.05, 3.63) is 31.7 Å². The molecule has 1 aromatic rings. The third-order valence-corrected chi connectivity index (χ3v) is 4.24. The number of carbonyl (C=O) groups excluding carboxylic acids is 1. The van der Waals surface area contributed by atoms with Gasteiger partial charge in [-0.05, 0) is 56.5 Å². The fourth-order valence-electron chi connectivity index (χ4n) is 1.09. The highest BCUT2D eigenvalue weighted by Gasteiger charge is 2.09. The topological polar surface area (TPSA) is 26.3 Å². The number of carbonyl (C=O) groups is 1. The molecule has 0 amide bonds. The number of halogens is 3. The molecule has 0 fully saturated rings. The highest BCUT2D eigenvalue weighted by Crippen LogP contribution is 2.32. The summed E-state index contributed by atoms with van der Waals surface area (Å²) in [5.74, 6) is -0.247. The van der Waals surface area contributed by atoms with Crippen LogP contribution in [0.5, 0.6) is 0 Å². The van der Waals surface area contributed by atoms with Crippen LogP contribution < -0.4 is 0 Å². The lowest BCUT2D eigenvalue weighted by Gasteiger charge is -2.05. The monoisotopic (exact) mass is 354 g/mol. The second-order valence-corrected chi connectivity index (χ2v) is 4.91. The lowest BCUT2D eigenvalue weighted by Crippen LogP contribution is -2.07. The van der Waals surface area contributed by atoms with Crippen LogP contribution in [0, 0.1) is 0 Å². The summed E-state index contributed by atoms with van der Waals surface area (Å²) in [6.07, 6.45) is 0.236. The Bertz CT molecular complexity index is 357. The molecule has 1 aromatic carbocycles. The van der Waals surface area contributed by atoms with Crippen molar-refractivity contribution in [2.45, 2.75) is 13.3 Å². The van der Waals surface area contributed by atoms with E-state index in [1.54, 1.807) is 13.0 Å². The van der Waals surface area contributed by atoms with Crippen molar-refractivity contribution in [1.29, 1.82) is 0 Å². The molecule has 0 N–H and O–H groups in total. The van der Waals surface area contributed by atoms with Crippen molar-refractivity contribution < 1.29 is 9.53 Å². The maximum atomic E-state index is 11.2. The fraction of sp³-hybridized carbons (Fsp3) is 0.300. The smallest absolute Gasteiger partial charge is 0.310 e. The fourth-order valence-corrected chi connectivity index (χ4v) is 2.18. The molecule has 0 atom stereocenters. The molecule has 1 rings (SSSR count). The molecule has 0 saturated carbocycles. The molecule has 5 heteroatoms. The molecule has 2 nitrogen and oxygen atoms in total. The van der Waals surface area contributed by atoms with Gasteiger partial charge >= 0.3 is 5.97 Å². The Balaban J connectivity index is 2.83. The van der Waals surface area contributed by atoms with E-state index in [1.165, 1.54) is 0 Å². The maximum Gasteiger partial charge on any atom is 0.310 e. The van der Waals surface area contributed by atoms with Crippen molar-refractivity contribution in [3.8, 4) is 0 Å². The van der Waals surface area contributed by atoms with Crippen LogP contribution in [0.1, 0.15) is 12.5 Å². The quantitative estimate of drug-likeness (QED) is 0.605. The largest absolute Gasteiger partial charge is 0.466 e. The van der Waals surface area contributed by atoms with Gasteiger partial charge in [-0.15, -0.1) is 0 Å². The van der Waals surface area contributed by atoms with Crippen LogP contribution in [-0.4, -0.2) is 12.6 Å². The van der Waals surface area contributed by atoms with E-state index < -0.39 is 0 Å². The van der Waals surface area contributed by atoms with Crippen molar-refractivity contribution in [2.24, 2.45) is 0 Å². The molecule has 0 heterocycles. The number of benzene rings is 1. The highest BCUT2D eigenvalue weighted by molar-refractivity contribution is 9.13. The van der Waals surface area contributed by atoms with Crippen LogP contribution in [0.3, 0.4) is 0 Å². The molecule has 15 heavy (non-hydrogen) atoms. The Labute approximate surface area is 110 Å². The predicted molar refractivity (Wildman–Crippen MR) is 67.2 cm³/mol. The van der Waals surface area contributed by atoms with Gasteiger partial charge in [0.05, 0.1) is 22.5 Å². The summed E-state index contributed by atoms with van der Waals surface area (Å²) in [5.41, 5.74) is 0.827. The van der Waals surface area contributed by atoms with Crippen molar-refractivity contribution in [3.63, 3.8) is 0 Å². The minimum atomic E-state index is -0.247. The van der Waals surface area contributed by atoms with E-state index in [0.29, 0.717) is 11.6 Å². The minimum absolute atomic E-state index is 0.236. The van der Waals surface area contributed by atoms with E-state index >= 15 is 0 Å². The van der Waals surface area contributed by atoms with E-state index in [1.807, 2.05) is 6.07 Å². The summed E-state index contributed by atoms with van der Waals surface area (Å²) < 4.78 is 6.46. The van der Waals surface area contributed by atoms with Gasteiger partial charge in [0.15, 0.2) is 0 Å². The summed E-state index contributed by atoms with van der Waals surface area (Å²) in [6.45, 7) is 2.17. The number of hydrogen-bond acceptors (Lipinski definition) is 2.